The van der Waals surface area contributed by atoms with E-state index in [1.165, 1.54) is 4.90 Å². The Labute approximate surface area is 256 Å². The van der Waals surface area contributed by atoms with E-state index in [9.17, 15) is 19.2 Å². The van der Waals surface area contributed by atoms with E-state index < -0.39 is 23.7 Å². The van der Waals surface area contributed by atoms with Crippen LogP contribution in [0.4, 0.5) is 11.4 Å². The van der Waals surface area contributed by atoms with Crippen LogP contribution in [0.3, 0.4) is 0 Å². The number of amides is 3. The molecule has 2 heterocycles. The second-order valence-electron chi connectivity index (χ2n) is 11.6. The van der Waals surface area contributed by atoms with Crippen LogP contribution in [0.2, 0.25) is 0 Å². The maximum Gasteiger partial charge on any atom is 0.316 e. The summed E-state index contributed by atoms with van der Waals surface area (Å²) in [7, 11) is 0. The maximum absolute atomic E-state index is 14.0. The van der Waals surface area contributed by atoms with Crippen LogP contribution in [-0.2, 0) is 19.2 Å². The van der Waals surface area contributed by atoms with Gasteiger partial charge < -0.3 is 9.64 Å². The third kappa shape index (κ3) is 3.93. The van der Waals surface area contributed by atoms with Crippen LogP contribution in [0.25, 0.3) is 0 Å². The van der Waals surface area contributed by atoms with Crippen molar-refractivity contribution in [3.63, 3.8) is 0 Å². The Hall–Kier alpha value is -4.56. The molecule has 0 radical (unpaired) electrons. The molecule has 2 aliphatic heterocycles. The highest BCUT2D eigenvalue weighted by molar-refractivity contribution is 9.10. The Bertz CT molecular complexity index is 1720. The predicted octanol–water partition coefficient (Wildman–Crippen LogP) is 5.80. The van der Waals surface area contributed by atoms with Crippen molar-refractivity contribution in [3.05, 3.63) is 124 Å². The number of esters is 1. The Morgan fingerprint density at radius 1 is 0.674 bits per heavy atom. The summed E-state index contributed by atoms with van der Waals surface area (Å²) in [5.41, 5.74) is 5.69. The number of carbonyl (C=O) groups is 4. The largest absolute Gasteiger partial charge is 0.426 e. The third-order valence-corrected chi connectivity index (χ3v) is 9.89. The summed E-state index contributed by atoms with van der Waals surface area (Å²) < 4.78 is 6.53. The number of halogens is 1. The topological polar surface area (TPSA) is 84.0 Å². The number of hydrogen-bond acceptors (Lipinski definition) is 5. The minimum atomic E-state index is -0.598. The quantitative estimate of drug-likeness (QED) is 0.161. The molecule has 4 aromatic carbocycles. The summed E-state index contributed by atoms with van der Waals surface area (Å²) in [5.74, 6) is -2.60. The molecule has 2 saturated heterocycles. The zero-order valence-corrected chi connectivity index (χ0v) is 24.4. The van der Waals surface area contributed by atoms with Crippen LogP contribution in [0.15, 0.2) is 102 Å². The number of rotatable bonds is 4. The molecule has 2 bridgehead atoms. The van der Waals surface area contributed by atoms with Crippen LogP contribution in [0.1, 0.15) is 40.5 Å². The van der Waals surface area contributed by atoms with Crippen LogP contribution in [-0.4, -0.2) is 30.2 Å². The minimum absolute atomic E-state index is 0.0691. The van der Waals surface area contributed by atoms with Crippen LogP contribution in [0, 0.1) is 17.8 Å². The Morgan fingerprint density at radius 3 is 1.67 bits per heavy atom. The fraction of sp³-hybridized carbons (Fsp3) is 0.200. The average Bonchev–Trinajstić information content (AvgIpc) is 3.55. The summed E-state index contributed by atoms with van der Waals surface area (Å²) in [6.07, 6.45) is 0.0691. The van der Waals surface area contributed by atoms with E-state index in [0.29, 0.717) is 11.4 Å². The lowest BCUT2D eigenvalue weighted by Crippen LogP contribution is -2.41. The van der Waals surface area contributed by atoms with Gasteiger partial charge in [0.05, 0.1) is 23.4 Å². The van der Waals surface area contributed by atoms with Gasteiger partial charge in [-0.15, -0.1) is 0 Å². The van der Waals surface area contributed by atoms with Crippen molar-refractivity contribution in [2.75, 3.05) is 16.3 Å². The van der Waals surface area contributed by atoms with E-state index >= 15 is 0 Å². The van der Waals surface area contributed by atoms with Crippen molar-refractivity contribution in [2.24, 2.45) is 17.8 Å². The van der Waals surface area contributed by atoms with Gasteiger partial charge in [0.2, 0.25) is 17.7 Å². The number of nitrogens with zero attached hydrogens (tertiary/aromatic N) is 2. The molecular formula is C35H25BrN2O5. The van der Waals surface area contributed by atoms with Gasteiger partial charge in [0.25, 0.3) is 0 Å². The lowest BCUT2D eigenvalue weighted by Gasteiger charge is -2.45. The normalized spacial score (nSPS) is 25.0. The number of hydrogen-bond donors (Lipinski definition) is 0. The molecule has 7 nitrogen and oxygen atoms in total. The first-order chi connectivity index (χ1) is 20.9. The SMILES string of the molecule is O=C(Oc1ccc(N2C(=O)[C@@H]3C4c5ccccc5C(c5ccccc54)[C@H]3C2=O)cc1)[C@@H]1CC(=O)N(c2ccc(Br)cc2)C1. The second kappa shape index (κ2) is 9.74. The molecule has 9 rings (SSSR count). The highest BCUT2D eigenvalue weighted by Crippen LogP contribution is 2.61. The minimum Gasteiger partial charge on any atom is -0.426 e. The first-order valence-electron chi connectivity index (χ1n) is 14.3. The molecular weight excluding hydrogens is 608 g/mol. The number of ether oxygens (including phenoxy) is 1. The van der Waals surface area contributed by atoms with Gasteiger partial charge in [-0.1, -0.05) is 64.5 Å². The fourth-order valence-corrected chi connectivity index (χ4v) is 7.79. The molecule has 0 saturated carbocycles. The molecule has 5 aliphatic rings. The molecule has 8 heteroatoms. The lowest BCUT2D eigenvalue weighted by atomic mass is 9.55. The van der Waals surface area contributed by atoms with Crippen molar-refractivity contribution in [1.29, 1.82) is 0 Å². The van der Waals surface area contributed by atoms with Gasteiger partial charge in [-0.2, -0.15) is 0 Å². The molecule has 43 heavy (non-hydrogen) atoms. The second-order valence-corrected chi connectivity index (χ2v) is 12.5. The average molecular weight is 633 g/mol. The molecule has 0 unspecified atom stereocenters. The number of imide groups is 1. The van der Waals surface area contributed by atoms with Crippen molar-refractivity contribution < 1.29 is 23.9 Å². The highest BCUT2D eigenvalue weighted by Gasteiger charge is 2.61. The predicted molar refractivity (Wildman–Crippen MR) is 163 cm³/mol. The zero-order chi connectivity index (χ0) is 29.4. The van der Waals surface area contributed by atoms with Crippen molar-refractivity contribution >= 4 is 51.0 Å². The number of benzene rings is 4. The summed E-state index contributed by atoms with van der Waals surface area (Å²) >= 11 is 3.39. The number of anilines is 2. The monoisotopic (exact) mass is 632 g/mol. The van der Waals surface area contributed by atoms with E-state index in [1.54, 1.807) is 29.2 Å². The van der Waals surface area contributed by atoms with Gasteiger partial charge in [-0.25, -0.2) is 4.90 Å². The molecule has 0 N–H and O–H groups in total. The Kier molecular flexibility index (Phi) is 5.91. The van der Waals surface area contributed by atoms with Crippen molar-refractivity contribution in [2.45, 2.75) is 18.3 Å². The smallest absolute Gasteiger partial charge is 0.316 e. The third-order valence-electron chi connectivity index (χ3n) is 9.36. The number of carbonyl (C=O) groups excluding carboxylic acids is 4. The molecule has 3 atom stereocenters. The first kappa shape index (κ1) is 26.1. The lowest BCUT2D eigenvalue weighted by molar-refractivity contribution is -0.139. The van der Waals surface area contributed by atoms with E-state index in [-0.39, 0.29) is 42.5 Å². The van der Waals surface area contributed by atoms with Gasteiger partial charge >= 0.3 is 5.97 Å². The van der Waals surface area contributed by atoms with Crippen LogP contribution < -0.4 is 14.5 Å². The van der Waals surface area contributed by atoms with Gasteiger partial charge in [-0.3, -0.25) is 19.2 Å². The van der Waals surface area contributed by atoms with Crippen molar-refractivity contribution in [1.82, 2.24) is 0 Å². The van der Waals surface area contributed by atoms with E-state index in [1.807, 2.05) is 48.5 Å². The standard InChI is InChI=1S/C35H25BrN2O5/c36-20-9-11-21(12-10-20)37-18-19(17-28(37)39)35(42)43-23-15-13-22(14-16-23)38-33(40)31-29-24-5-1-2-6-25(24)30(32(31)34(38)41)27-8-4-3-7-26(27)29/h1-16,19,29-32H,17-18H2/t19-,29?,30?,31-,32-/m1/s1. The summed E-state index contributed by atoms with van der Waals surface area (Å²) in [6, 6.07) is 30.1. The first-order valence-corrected chi connectivity index (χ1v) is 15.1. The molecule has 212 valence electrons. The van der Waals surface area contributed by atoms with E-state index in [2.05, 4.69) is 40.2 Å². The zero-order valence-electron chi connectivity index (χ0n) is 22.9. The Morgan fingerprint density at radius 2 is 1.16 bits per heavy atom. The van der Waals surface area contributed by atoms with Crippen LogP contribution >= 0.6 is 15.9 Å². The van der Waals surface area contributed by atoms with Gasteiger partial charge in [-0.05, 0) is 70.8 Å². The van der Waals surface area contributed by atoms with Gasteiger partial charge in [0, 0.05) is 35.0 Å². The Balaban J connectivity index is 1.02. The molecule has 0 aromatic heterocycles. The summed E-state index contributed by atoms with van der Waals surface area (Å²) in [4.78, 5) is 56.4. The molecule has 3 amide bonds. The van der Waals surface area contributed by atoms with Crippen molar-refractivity contribution in [3.8, 4) is 5.75 Å². The molecule has 2 fully saturated rings. The molecule has 3 aliphatic carbocycles. The maximum atomic E-state index is 14.0. The molecule has 4 aromatic rings. The highest BCUT2D eigenvalue weighted by atomic mass is 79.9. The van der Waals surface area contributed by atoms with Gasteiger partial charge in [0.1, 0.15) is 5.75 Å². The fourth-order valence-electron chi connectivity index (χ4n) is 7.53. The van der Waals surface area contributed by atoms with Gasteiger partial charge in [0.15, 0.2) is 0 Å². The summed E-state index contributed by atoms with van der Waals surface area (Å²) in [6.45, 7) is 0.240. The molecule has 0 spiro atoms. The van der Waals surface area contributed by atoms with E-state index in [4.69, 9.17) is 4.74 Å². The summed E-state index contributed by atoms with van der Waals surface area (Å²) in [5, 5.41) is 0. The van der Waals surface area contributed by atoms with Crippen LogP contribution in [0.5, 0.6) is 5.75 Å². The van der Waals surface area contributed by atoms with E-state index in [0.717, 1.165) is 32.4 Å².